The summed E-state index contributed by atoms with van der Waals surface area (Å²) in [6.45, 7) is 4.65. The number of hydrogen-bond acceptors (Lipinski definition) is 15. The molecule has 0 spiro atoms. The number of ether oxygens (including phenoxy) is 4. The lowest BCUT2D eigenvalue weighted by Gasteiger charge is -2.21. The van der Waals surface area contributed by atoms with Gasteiger partial charge in [-0.2, -0.15) is 0 Å². The van der Waals surface area contributed by atoms with E-state index in [1.54, 1.807) is 6.08 Å². The van der Waals surface area contributed by atoms with Gasteiger partial charge in [0.05, 0.1) is 32.8 Å². The summed E-state index contributed by atoms with van der Waals surface area (Å²) in [6, 6.07) is 0. The number of hydrogen-bond donors (Lipinski definition) is 3. The lowest BCUT2D eigenvalue weighted by molar-refractivity contribution is -0.161. The van der Waals surface area contributed by atoms with E-state index < -0.39 is 97.5 Å². The number of esters is 4. The molecule has 0 aromatic heterocycles. The van der Waals surface area contributed by atoms with Gasteiger partial charge in [-0.25, -0.2) is 9.13 Å². The second-order valence-corrected chi connectivity index (χ2v) is 27.8. The van der Waals surface area contributed by atoms with Gasteiger partial charge in [-0.3, -0.25) is 37.3 Å². The van der Waals surface area contributed by atoms with Crippen LogP contribution in [0.4, 0.5) is 0 Å². The highest BCUT2D eigenvalue weighted by Crippen LogP contribution is 2.45. The number of carbonyl (C=O) groups excluding carboxylic acids is 4. The third-order valence-electron chi connectivity index (χ3n) is 15.7. The molecule has 0 bridgehead atoms. The normalized spacial score (nSPS) is 14.4. The molecule has 5 unspecified atom stereocenters. The Morgan fingerprint density at radius 3 is 0.947 bits per heavy atom. The van der Waals surface area contributed by atoms with Gasteiger partial charge in [0.2, 0.25) is 0 Å². The second-order valence-electron chi connectivity index (χ2n) is 24.9. The molecule has 0 aliphatic carbocycles. The molecule has 0 saturated carbocycles. The van der Waals surface area contributed by atoms with Gasteiger partial charge < -0.3 is 33.8 Å². The standard InChI is InChI=1S/C75H134O17P2/c1-5-9-13-17-21-25-29-32-34-37-41-44-48-52-56-60-73(78)86-66-71(92-75(80)62-58-54-50-46-42-38-35-33-30-26-22-18-14-10-6-2)68-90-94(83,84)88-64-69(76)63-87-93(81,82)89-67-70(91-74(79)61-57-53-49-45-39-28-24-20-16-12-8-4)65-85-72(77)59-55-51-47-43-40-36-31-27-23-19-15-11-7-3/h9,13,21,25,27,31-32,34,41,44,52,56,69-71,76H,5-8,10-12,14-20,22-24,26,28-30,33,35-40,42-43,45-51,53-55,57-68H2,1-4H3,(H,81,82)(H,83,84)/b13-9-,25-21-,31-27-,34-32-,44-41-,56-52-. The van der Waals surface area contributed by atoms with Crippen molar-refractivity contribution in [2.24, 2.45) is 0 Å². The molecular weight excluding hydrogens is 1230 g/mol. The minimum atomic E-state index is -4.98. The number of unbranched alkanes of at least 4 members (excludes halogenated alkanes) is 33. The van der Waals surface area contributed by atoms with Crippen LogP contribution in [-0.4, -0.2) is 96.7 Å². The Morgan fingerprint density at radius 1 is 0.319 bits per heavy atom. The van der Waals surface area contributed by atoms with Crippen molar-refractivity contribution in [2.45, 2.75) is 341 Å². The first-order chi connectivity index (χ1) is 45.7. The first-order valence-electron chi connectivity index (χ1n) is 37.2. The molecule has 0 aliphatic heterocycles. The lowest BCUT2D eigenvalue weighted by Crippen LogP contribution is -2.30. The summed E-state index contributed by atoms with van der Waals surface area (Å²) < 4.78 is 68.2. The van der Waals surface area contributed by atoms with Crippen LogP contribution in [0, 0.1) is 0 Å². The zero-order valence-electron chi connectivity index (χ0n) is 59.4. The highest BCUT2D eigenvalue weighted by atomic mass is 31.2. The maximum Gasteiger partial charge on any atom is 0.472 e. The average Bonchev–Trinajstić information content (AvgIpc) is 1.36. The monoisotopic (exact) mass is 1370 g/mol. The molecule has 0 rings (SSSR count). The van der Waals surface area contributed by atoms with E-state index in [2.05, 4.69) is 76.3 Å². The molecule has 0 aromatic rings. The fourth-order valence-electron chi connectivity index (χ4n) is 10.1. The van der Waals surface area contributed by atoms with E-state index in [9.17, 15) is 43.2 Å². The zero-order valence-corrected chi connectivity index (χ0v) is 61.2. The Hall–Kier alpha value is -3.50. The van der Waals surface area contributed by atoms with Crippen LogP contribution >= 0.6 is 15.6 Å². The summed E-state index contributed by atoms with van der Waals surface area (Å²) in [7, 11) is -9.95. The fraction of sp³-hybridized carbons (Fsp3) is 0.787. The van der Waals surface area contributed by atoms with Crippen molar-refractivity contribution in [2.75, 3.05) is 39.6 Å². The van der Waals surface area contributed by atoms with E-state index in [0.29, 0.717) is 25.7 Å². The van der Waals surface area contributed by atoms with Crippen LogP contribution in [-0.2, 0) is 65.4 Å². The molecule has 0 heterocycles. The SMILES string of the molecule is CC/C=C\C/C=C\C/C=C\C/C=C\C/C=C\CC(=O)OCC(COP(=O)(O)OCC(O)COP(=O)(O)OCC(COC(=O)CCCCCCC/C=C\CCCCCC)OC(=O)CCCCCCCCCCCCC)OC(=O)CCCCCCCCCCCCCCCCC. The molecule has 3 N–H and O–H groups in total. The van der Waals surface area contributed by atoms with Crippen molar-refractivity contribution in [3.05, 3.63) is 72.9 Å². The highest BCUT2D eigenvalue weighted by Gasteiger charge is 2.30. The Kier molecular flexibility index (Phi) is 65.5. The third kappa shape index (κ3) is 67.1. The predicted molar refractivity (Wildman–Crippen MR) is 381 cm³/mol. The quantitative estimate of drug-likeness (QED) is 0.0169. The van der Waals surface area contributed by atoms with Gasteiger partial charge in [-0.15, -0.1) is 0 Å². The van der Waals surface area contributed by atoms with Gasteiger partial charge in [-0.1, -0.05) is 293 Å². The highest BCUT2D eigenvalue weighted by molar-refractivity contribution is 7.47. The summed E-state index contributed by atoms with van der Waals surface area (Å²) in [5, 5.41) is 10.6. The van der Waals surface area contributed by atoms with Gasteiger partial charge >= 0.3 is 39.5 Å². The van der Waals surface area contributed by atoms with E-state index in [1.165, 1.54) is 128 Å². The fourth-order valence-corrected chi connectivity index (χ4v) is 11.6. The second kappa shape index (κ2) is 68.0. The summed E-state index contributed by atoms with van der Waals surface area (Å²) in [5.74, 6) is -2.31. The molecule has 0 saturated heterocycles. The number of phosphoric ester groups is 2. The number of phosphoric acid groups is 2. The summed E-state index contributed by atoms with van der Waals surface area (Å²) >= 11 is 0. The van der Waals surface area contributed by atoms with E-state index in [1.807, 2.05) is 18.2 Å². The van der Waals surface area contributed by atoms with Gasteiger partial charge in [0, 0.05) is 19.3 Å². The average molecular weight is 1370 g/mol. The number of aliphatic hydroxyl groups excluding tert-OH is 1. The van der Waals surface area contributed by atoms with E-state index in [-0.39, 0.29) is 25.7 Å². The summed E-state index contributed by atoms with van der Waals surface area (Å²) in [6.07, 6.45) is 66.5. The molecule has 0 amide bonds. The summed E-state index contributed by atoms with van der Waals surface area (Å²) in [4.78, 5) is 72.6. The van der Waals surface area contributed by atoms with Crippen LogP contribution in [0.25, 0.3) is 0 Å². The maximum atomic E-state index is 13.0. The third-order valence-corrected chi connectivity index (χ3v) is 17.6. The van der Waals surface area contributed by atoms with Gasteiger partial charge in [-0.05, 0) is 77.0 Å². The van der Waals surface area contributed by atoms with Crippen LogP contribution in [0.3, 0.4) is 0 Å². The van der Waals surface area contributed by atoms with E-state index in [4.69, 9.17) is 37.0 Å². The molecule has 0 aromatic carbocycles. The number of allylic oxidation sites excluding steroid dienone is 11. The number of rotatable bonds is 70. The van der Waals surface area contributed by atoms with Gasteiger partial charge in [0.25, 0.3) is 0 Å². The molecule has 546 valence electrons. The number of carbonyl (C=O) groups is 4. The minimum Gasteiger partial charge on any atom is -0.462 e. The van der Waals surface area contributed by atoms with Crippen LogP contribution < -0.4 is 0 Å². The Morgan fingerprint density at radius 2 is 0.596 bits per heavy atom. The Bertz CT molecular complexity index is 2070. The molecule has 0 fully saturated rings. The molecule has 17 nitrogen and oxygen atoms in total. The van der Waals surface area contributed by atoms with Gasteiger partial charge in [0.1, 0.15) is 19.3 Å². The summed E-state index contributed by atoms with van der Waals surface area (Å²) in [5.41, 5.74) is 0. The van der Waals surface area contributed by atoms with Crippen molar-refractivity contribution in [3.63, 3.8) is 0 Å². The largest absolute Gasteiger partial charge is 0.472 e. The smallest absolute Gasteiger partial charge is 0.462 e. The number of aliphatic hydroxyl groups is 1. The molecule has 19 heteroatoms. The first-order valence-corrected chi connectivity index (χ1v) is 40.2. The van der Waals surface area contributed by atoms with Crippen molar-refractivity contribution in [3.8, 4) is 0 Å². The maximum absolute atomic E-state index is 13.0. The zero-order chi connectivity index (χ0) is 69.0. The molecule has 94 heavy (non-hydrogen) atoms. The first kappa shape index (κ1) is 90.5. The van der Waals surface area contributed by atoms with Crippen molar-refractivity contribution in [1.82, 2.24) is 0 Å². The van der Waals surface area contributed by atoms with Gasteiger partial charge in [0.15, 0.2) is 12.2 Å². The van der Waals surface area contributed by atoms with Crippen molar-refractivity contribution >= 4 is 39.5 Å². The van der Waals surface area contributed by atoms with E-state index >= 15 is 0 Å². The topological polar surface area (TPSA) is 237 Å². The van der Waals surface area contributed by atoms with Crippen LogP contribution in [0.1, 0.15) is 323 Å². The molecule has 0 radical (unpaired) electrons. The molecule has 0 aliphatic rings. The minimum absolute atomic E-state index is 0.0666. The molecular formula is C75H134O17P2. The predicted octanol–water partition coefficient (Wildman–Crippen LogP) is 20.9. The van der Waals surface area contributed by atoms with Crippen molar-refractivity contribution in [1.29, 1.82) is 0 Å². The van der Waals surface area contributed by atoms with E-state index in [0.717, 1.165) is 116 Å². The van der Waals surface area contributed by atoms with Crippen molar-refractivity contribution < 1.29 is 80.2 Å². The van der Waals surface area contributed by atoms with Crippen LogP contribution in [0.2, 0.25) is 0 Å². The Balaban J connectivity index is 5.37. The van der Waals surface area contributed by atoms with Crippen LogP contribution in [0.15, 0.2) is 72.9 Å². The Labute approximate surface area is 571 Å². The lowest BCUT2D eigenvalue weighted by atomic mass is 10.0. The van der Waals surface area contributed by atoms with Crippen LogP contribution in [0.5, 0.6) is 0 Å². The molecule has 5 atom stereocenters.